The van der Waals surface area contributed by atoms with E-state index in [-0.39, 0.29) is 11.7 Å². The van der Waals surface area contributed by atoms with Gasteiger partial charge in [-0.05, 0) is 18.2 Å². The van der Waals surface area contributed by atoms with Crippen LogP contribution in [0.4, 0.5) is 6.01 Å². The van der Waals surface area contributed by atoms with Gasteiger partial charge < -0.3 is 4.42 Å². The summed E-state index contributed by atoms with van der Waals surface area (Å²) in [5.41, 5.74) is 1.45. The van der Waals surface area contributed by atoms with Crippen molar-refractivity contribution >= 4 is 35.1 Å². The SMILES string of the molecule is O=C(Nc1ncco1)c1cc(-c2ccc(Cl)c(Cl)c2)ncn1. The van der Waals surface area contributed by atoms with E-state index in [1.807, 2.05) is 0 Å². The van der Waals surface area contributed by atoms with Crippen LogP contribution in [0.5, 0.6) is 0 Å². The molecule has 1 aromatic carbocycles. The molecule has 2 aromatic heterocycles. The molecule has 3 rings (SSSR count). The number of halogens is 2. The van der Waals surface area contributed by atoms with Gasteiger partial charge in [-0.25, -0.2) is 15.0 Å². The number of carbonyl (C=O) groups is 1. The predicted octanol–water partition coefficient (Wildman–Crippen LogP) is 3.69. The number of carbonyl (C=O) groups excluding carboxylic acids is 1. The van der Waals surface area contributed by atoms with E-state index >= 15 is 0 Å². The molecule has 110 valence electrons. The number of nitrogens with zero attached hydrogens (tertiary/aromatic N) is 3. The third-order valence-corrected chi connectivity index (χ3v) is 3.51. The van der Waals surface area contributed by atoms with Crippen LogP contribution in [-0.4, -0.2) is 20.9 Å². The molecule has 1 amide bonds. The highest BCUT2D eigenvalue weighted by molar-refractivity contribution is 6.42. The summed E-state index contributed by atoms with van der Waals surface area (Å²) in [7, 11) is 0. The van der Waals surface area contributed by atoms with E-state index in [4.69, 9.17) is 27.6 Å². The highest BCUT2D eigenvalue weighted by atomic mass is 35.5. The van der Waals surface area contributed by atoms with Gasteiger partial charge in [-0.2, -0.15) is 0 Å². The molecule has 6 nitrogen and oxygen atoms in total. The van der Waals surface area contributed by atoms with Gasteiger partial charge in [0, 0.05) is 5.56 Å². The van der Waals surface area contributed by atoms with E-state index in [0.29, 0.717) is 15.7 Å². The molecular weight excluding hydrogens is 327 g/mol. The number of amides is 1. The Balaban J connectivity index is 1.88. The Bertz CT molecular complexity index is 821. The van der Waals surface area contributed by atoms with Crippen molar-refractivity contribution in [3.8, 4) is 11.3 Å². The van der Waals surface area contributed by atoms with E-state index in [2.05, 4.69) is 20.3 Å². The van der Waals surface area contributed by atoms with Crippen LogP contribution in [-0.2, 0) is 0 Å². The molecule has 3 aromatic rings. The molecule has 0 saturated heterocycles. The lowest BCUT2D eigenvalue weighted by Gasteiger charge is -2.05. The number of rotatable bonds is 3. The van der Waals surface area contributed by atoms with Crippen LogP contribution < -0.4 is 5.32 Å². The van der Waals surface area contributed by atoms with Crippen molar-refractivity contribution in [3.63, 3.8) is 0 Å². The molecule has 0 aliphatic rings. The van der Waals surface area contributed by atoms with Gasteiger partial charge in [0.2, 0.25) is 0 Å². The quantitative estimate of drug-likeness (QED) is 0.789. The fraction of sp³-hybridized carbons (Fsp3) is 0. The molecule has 0 aliphatic heterocycles. The molecule has 0 radical (unpaired) electrons. The molecule has 1 N–H and O–H groups in total. The Morgan fingerprint density at radius 3 is 2.68 bits per heavy atom. The van der Waals surface area contributed by atoms with Crippen LogP contribution in [0.15, 0.2) is 47.5 Å². The first-order chi connectivity index (χ1) is 10.6. The monoisotopic (exact) mass is 334 g/mol. The van der Waals surface area contributed by atoms with E-state index in [1.165, 1.54) is 24.9 Å². The molecule has 0 fully saturated rings. The van der Waals surface area contributed by atoms with E-state index in [1.54, 1.807) is 18.2 Å². The van der Waals surface area contributed by atoms with Crippen molar-refractivity contribution < 1.29 is 9.21 Å². The topological polar surface area (TPSA) is 80.9 Å². The molecule has 0 bridgehead atoms. The second-order valence-electron chi connectivity index (χ2n) is 4.21. The average Bonchev–Trinajstić information content (AvgIpc) is 3.03. The van der Waals surface area contributed by atoms with Gasteiger partial charge >= 0.3 is 6.01 Å². The second kappa shape index (κ2) is 6.13. The molecule has 8 heteroatoms. The lowest BCUT2D eigenvalue weighted by molar-refractivity contribution is 0.101. The average molecular weight is 335 g/mol. The number of anilines is 1. The van der Waals surface area contributed by atoms with Gasteiger partial charge in [0.15, 0.2) is 0 Å². The van der Waals surface area contributed by atoms with Gasteiger partial charge in [0.25, 0.3) is 5.91 Å². The Morgan fingerprint density at radius 2 is 1.95 bits per heavy atom. The largest absolute Gasteiger partial charge is 0.432 e. The zero-order chi connectivity index (χ0) is 15.5. The molecule has 0 unspecified atom stereocenters. The summed E-state index contributed by atoms with van der Waals surface area (Å²) in [5.74, 6) is -0.453. The summed E-state index contributed by atoms with van der Waals surface area (Å²) in [4.78, 5) is 23.9. The summed E-state index contributed by atoms with van der Waals surface area (Å²) in [6, 6.07) is 6.72. The van der Waals surface area contributed by atoms with Crippen LogP contribution in [0, 0.1) is 0 Å². The summed E-state index contributed by atoms with van der Waals surface area (Å²) in [5, 5.41) is 3.33. The molecule has 0 atom stereocenters. The van der Waals surface area contributed by atoms with Crippen molar-refractivity contribution in [1.29, 1.82) is 0 Å². The van der Waals surface area contributed by atoms with Crippen LogP contribution in [0.25, 0.3) is 11.3 Å². The molecule has 2 heterocycles. The summed E-state index contributed by atoms with van der Waals surface area (Å²) < 4.78 is 4.95. The maximum Gasteiger partial charge on any atom is 0.301 e. The van der Waals surface area contributed by atoms with Gasteiger partial charge in [-0.15, -0.1) is 0 Å². The molecule has 22 heavy (non-hydrogen) atoms. The van der Waals surface area contributed by atoms with Gasteiger partial charge in [-0.1, -0.05) is 29.3 Å². The fourth-order valence-corrected chi connectivity index (χ4v) is 2.04. The number of nitrogens with one attached hydrogen (secondary N) is 1. The highest BCUT2D eigenvalue weighted by Crippen LogP contribution is 2.27. The summed E-state index contributed by atoms with van der Waals surface area (Å²) in [6.45, 7) is 0. The van der Waals surface area contributed by atoms with E-state index < -0.39 is 5.91 Å². The minimum atomic E-state index is -0.453. The number of hydrogen-bond donors (Lipinski definition) is 1. The Labute approximate surface area is 135 Å². The van der Waals surface area contributed by atoms with Crippen molar-refractivity contribution in [2.75, 3.05) is 5.32 Å². The van der Waals surface area contributed by atoms with Crippen molar-refractivity contribution in [3.05, 3.63) is 58.8 Å². The first kappa shape index (κ1) is 14.5. The van der Waals surface area contributed by atoms with Crippen LogP contribution >= 0.6 is 23.2 Å². The van der Waals surface area contributed by atoms with Crippen LogP contribution in [0.3, 0.4) is 0 Å². The fourth-order valence-electron chi connectivity index (χ4n) is 1.74. The lowest BCUT2D eigenvalue weighted by atomic mass is 10.1. The van der Waals surface area contributed by atoms with Crippen molar-refractivity contribution in [2.45, 2.75) is 0 Å². The number of hydrogen-bond acceptors (Lipinski definition) is 5. The summed E-state index contributed by atoms with van der Waals surface area (Å²) in [6.07, 6.45) is 4.08. The third-order valence-electron chi connectivity index (χ3n) is 2.77. The van der Waals surface area contributed by atoms with Crippen LogP contribution in [0.2, 0.25) is 10.0 Å². The number of benzene rings is 1. The van der Waals surface area contributed by atoms with Gasteiger partial charge in [0.05, 0.1) is 21.9 Å². The second-order valence-corrected chi connectivity index (χ2v) is 5.02. The Hall–Kier alpha value is -2.44. The van der Waals surface area contributed by atoms with E-state index in [9.17, 15) is 4.79 Å². The smallest absolute Gasteiger partial charge is 0.301 e. The van der Waals surface area contributed by atoms with Crippen LogP contribution in [0.1, 0.15) is 10.5 Å². The van der Waals surface area contributed by atoms with Gasteiger partial charge in [0.1, 0.15) is 18.3 Å². The standard InChI is InChI=1S/C14H8Cl2N4O2/c15-9-2-1-8(5-10(9)16)11-6-12(19-7-18-11)13(21)20-14-17-3-4-22-14/h1-7H,(H,17,20,21). The first-order valence-corrected chi connectivity index (χ1v) is 6.87. The lowest BCUT2D eigenvalue weighted by Crippen LogP contribution is -2.14. The van der Waals surface area contributed by atoms with Crippen molar-refractivity contribution in [2.24, 2.45) is 0 Å². The maximum atomic E-state index is 12.1. The molecular formula is C14H8Cl2N4O2. The minimum Gasteiger partial charge on any atom is -0.432 e. The number of aromatic nitrogens is 3. The Morgan fingerprint density at radius 1 is 1.09 bits per heavy atom. The molecule has 0 saturated carbocycles. The third kappa shape index (κ3) is 3.08. The zero-order valence-corrected chi connectivity index (χ0v) is 12.5. The van der Waals surface area contributed by atoms with Crippen molar-refractivity contribution in [1.82, 2.24) is 15.0 Å². The summed E-state index contributed by atoms with van der Waals surface area (Å²) >= 11 is 11.9. The zero-order valence-electron chi connectivity index (χ0n) is 11.0. The minimum absolute atomic E-state index is 0.0969. The molecule has 0 aliphatic carbocycles. The number of oxazole rings is 1. The molecule has 0 spiro atoms. The highest BCUT2D eigenvalue weighted by Gasteiger charge is 2.12. The van der Waals surface area contributed by atoms with E-state index in [0.717, 1.165) is 5.56 Å². The predicted molar refractivity (Wildman–Crippen MR) is 81.9 cm³/mol. The maximum absolute atomic E-state index is 12.1. The Kier molecular flexibility index (Phi) is 4.04. The first-order valence-electron chi connectivity index (χ1n) is 6.12. The normalized spacial score (nSPS) is 10.5. The van der Waals surface area contributed by atoms with Gasteiger partial charge in [-0.3, -0.25) is 10.1 Å².